The third-order valence-corrected chi connectivity index (χ3v) is 2.65. The summed E-state index contributed by atoms with van der Waals surface area (Å²) in [4.78, 5) is 10.9. The van der Waals surface area contributed by atoms with Crippen LogP contribution in [0.2, 0.25) is 5.02 Å². The van der Waals surface area contributed by atoms with E-state index < -0.39 is 5.63 Å². The minimum Gasteiger partial charge on any atom is -0.421 e. The van der Waals surface area contributed by atoms with Gasteiger partial charge in [-0.2, -0.15) is 0 Å². The number of para-hydroxylation sites is 1. The zero-order valence-electron chi connectivity index (χ0n) is 10.0. The Balaban J connectivity index is 0.000000163. The van der Waals surface area contributed by atoms with Crippen LogP contribution in [0, 0.1) is 0 Å². The quantitative estimate of drug-likeness (QED) is 0.635. The van der Waals surface area contributed by atoms with Crippen molar-refractivity contribution in [2.24, 2.45) is 0 Å². The molecule has 0 amide bonds. The van der Waals surface area contributed by atoms with E-state index >= 15 is 0 Å². The first-order valence-corrected chi connectivity index (χ1v) is 6.03. The average Bonchev–Trinajstić information content (AvgIpc) is 2.42. The summed E-state index contributed by atoms with van der Waals surface area (Å²) in [6.07, 6.45) is 0. The normalized spacial score (nSPS) is 9.74. The van der Waals surface area contributed by atoms with Gasteiger partial charge in [-0.1, -0.05) is 48.0 Å². The second-order valence-electron chi connectivity index (χ2n) is 3.82. The number of rotatable bonds is 0. The summed E-state index contributed by atoms with van der Waals surface area (Å²) >= 11 is 5.54. The molecule has 0 atom stereocenters. The highest BCUT2D eigenvalue weighted by Gasteiger charge is 1.98. The van der Waals surface area contributed by atoms with Crippen LogP contribution >= 0.6 is 11.6 Å². The van der Waals surface area contributed by atoms with Gasteiger partial charge in [-0.15, -0.1) is 0 Å². The molecule has 0 unspecified atom stereocenters. The molecule has 3 nitrogen and oxygen atoms in total. The second-order valence-corrected chi connectivity index (χ2v) is 4.26. The lowest BCUT2D eigenvalue weighted by Crippen LogP contribution is -2.05. The number of benzene rings is 2. The number of nitrogen functional groups attached to an aromatic ring is 1. The molecule has 19 heavy (non-hydrogen) atoms. The molecule has 0 aliphatic heterocycles. The summed E-state index contributed by atoms with van der Waals surface area (Å²) < 4.78 is 4.91. The first kappa shape index (κ1) is 13.2. The van der Waals surface area contributed by atoms with Crippen LogP contribution in [0.15, 0.2) is 69.9 Å². The van der Waals surface area contributed by atoms with Gasteiger partial charge in [0.1, 0.15) is 11.3 Å². The fourth-order valence-corrected chi connectivity index (χ4v) is 1.64. The lowest BCUT2D eigenvalue weighted by molar-refractivity contribution is 0.564. The van der Waals surface area contributed by atoms with Crippen LogP contribution in [0.25, 0.3) is 11.0 Å². The van der Waals surface area contributed by atoms with E-state index in [1.54, 1.807) is 12.1 Å². The SMILES string of the molecule is Clc1ccccc1.Nc1cc2ccccc2oc1=O. The van der Waals surface area contributed by atoms with Gasteiger partial charge in [0.25, 0.3) is 0 Å². The molecule has 2 aromatic carbocycles. The molecule has 4 heteroatoms. The third-order valence-electron chi connectivity index (χ3n) is 2.40. The van der Waals surface area contributed by atoms with E-state index in [0.717, 1.165) is 10.4 Å². The first-order chi connectivity index (χ1) is 9.16. The van der Waals surface area contributed by atoms with Gasteiger partial charge in [-0.25, -0.2) is 4.79 Å². The van der Waals surface area contributed by atoms with E-state index in [9.17, 15) is 4.79 Å². The molecule has 0 spiro atoms. The van der Waals surface area contributed by atoms with E-state index in [1.165, 1.54) is 0 Å². The van der Waals surface area contributed by atoms with Crippen LogP contribution in [0.3, 0.4) is 0 Å². The maximum absolute atomic E-state index is 10.9. The Morgan fingerprint density at radius 1 is 0.947 bits per heavy atom. The van der Waals surface area contributed by atoms with Crippen LogP contribution in [0.1, 0.15) is 0 Å². The number of hydrogen-bond acceptors (Lipinski definition) is 3. The lowest BCUT2D eigenvalue weighted by Gasteiger charge is -1.95. The van der Waals surface area contributed by atoms with E-state index in [0.29, 0.717) is 5.58 Å². The molecule has 0 aliphatic carbocycles. The van der Waals surface area contributed by atoms with Gasteiger partial charge in [-0.3, -0.25) is 0 Å². The van der Waals surface area contributed by atoms with E-state index in [1.807, 2.05) is 48.5 Å². The van der Waals surface area contributed by atoms with E-state index in [2.05, 4.69) is 0 Å². The standard InChI is InChI=1S/C9H7NO2.C6H5Cl/c10-7-5-6-3-1-2-4-8(6)12-9(7)11;7-6-4-2-1-3-5-6/h1-5H,10H2;1-5H. The Bertz CT molecular complexity index is 723. The van der Waals surface area contributed by atoms with Crippen molar-refractivity contribution in [1.82, 2.24) is 0 Å². The number of hydrogen-bond donors (Lipinski definition) is 1. The summed E-state index contributed by atoms with van der Waals surface area (Å²) in [7, 11) is 0. The van der Waals surface area contributed by atoms with Crippen molar-refractivity contribution >= 4 is 28.3 Å². The maximum Gasteiger partial charge on any atom is 0.359 e. The molecular weight excluding hydrogens is 262 g/mol. The van der Waals surface area contributed by atoms with Crippen molar-refractivity contribution in [1.29, 1.82) is 0 Å². The highest BCUT2D eigenvalue weighted by Crippen LogP contribution is 2.12. The largest absolute Gasteiger partial charge is 0.421 e. The second kappa shape index (κ2) is 6.07. The summed E-state index contributed by atoms with van der Waals surface area (Å²) in [5.41, 5.74) is 5.61. The van der Waals surface area contributed by atoms with Gasteiger partial charge in [0.15, 0.2) is 0 Å². The van der Waals surface area contributed by atoms with Crippen LogP contribution in [0.5, 0.6) is 0 Å². The van der Waals surface area contributed by atoms with Crippen LogP contribution in [-0.4, -0.2) is 0 Å². The van der Waals surface area contributed by atoms with Gasteiger partial charge in [0.05, 0.1) is 0 Å². The van der Waals surface area contributed by atoms with Crippen molar-refractivity contribution < 1.29 is 4.42 Å². The number of anilines is 1. The zero-order chi connectivity index (χ0) is 13.7. The van der Waals surface area contributed by atoms with E-state index in [4.69, 9.17) is 21.8 Å². The van der Waals surface area contributed by atoms with Crippen molar-refractivity contribution in [3.63, 3.8) is 0 Å². The Kier molecular flexibility index (Phi) is 4.21. The lowest BCUT2D eigenvalue weighted by atomic mass is 10.2. The molecule has 1 aromatic heterocycles. The minimum absolute atomic E-state index is 0.147. The molecule has 96 valence electrons. The van der Waals surface area contributed by atoms with Crippen LogP contribution in [-0.2, 0) is 0 Å². The number of nitrogens with two attached hydrogens (primary N) is 1. The van der Waals surface area contributed by atoms with Crippen LogP contribution < -0.4 is 11.4 Å². The molecule has 0 aliphatic rings. The molecule has 0 radical (unpaired) electrons. The molecule has 3 rings (SSSR count). The Hall–Kier alpha value is -2.26. The number of fused-ring (bicyclic) bond motifs is 1. The van der Waals surface area contributed by atoms with Crippen molar-refractivity contribution in [3.8, 4) is 0 Å². The van der Waals surface area contributed by atoms with Crippen molar-refractivity contribution in [3.05, 3.63) is 76.1 Å². The molecule has 2 N–H and O–H groups in total. The third kappa shape index (κ3) is 3.60. The zero-order valence-corrected chi connectivity index (χ0v) is 10.8. The molecule has 0 saturated carbocycles. The van der Waals surface area contributed by atoms with E-state index in [-0.39, 0.29) is 5.69 Å². The smallest absolute Gasteiger partial charge is 0.359 e. The minimum atomic E-state index is -0.478. The molecule has 0 saturated heterocycles. The summed E-state index contributed by atoms with van der Waals surface area (Å²) in [5.74, 6) is 0. The summed E-state index contributed by atoms with van der Waals surface area (Å²) in [5, 5.41) is 1.64. The molecule has 0 bridgehead atoms. The fraction of sp³-hybridized carbons (Fsp3) is 0. The fourth-order valence-electron chi connectivity index (χ4n) is 1.49. The summed E-state index contributed by atoms with van der Waals surface area (Å²) in [6, 6.07) is 18.3. The Labute approximate surface area is 115 Å². The van der Waals surface area contributed by atoms with Gasteiger partial charge >= 0.3 is 5.63 Å². The predicted octanol–water partition coefficient (Wildman–Crippen LogP) is 3.72. The number of halogens is 1. The highest BCUT2D eigenvalue weighted by atomic mass is 35.5. The van der Waals surface area contributed by atoms with Crippen molar-refractivity contribution in [2.75, 3.05) is 5.73 Å². The molecular formula is C15H12ClNO2. The van der Waals surface area contributed by atoms with Crippen molar-refractivity contribution in [2.45, 2.75) is 0 Å². The topological polar surface area (TPSA) is 56.2 Å². The molecule has 3 aromatic rings. The maximum atomic E-state index is 10.9. The van der Waals surface area contributed by atoms with Crippen LogP contribution in [0.4, 0.5) is 5.69 Å². The summed E-state index contributed by atoms with van der Waals surface area (Å²) in [6.45, 7) is 0. The van der Waals surface area contributed by atoms with Gasteiger partial charge in [-0.05, 0) is 24.3 Å². The van der Waals surface area contributed by atoms with Gasteiger partial charge in [0, 0.05) is 10.4 Å². The Morgan fingerprint density at radius 2 is 1.58 bits per heavy atom. The molecule has 0 fully saturated rings. The molecule has 1 heterocycles. The van der Waals surface area contributed by atoms with Gasteiger partial charge < -0.3 is 10.2 Å². The highest BCUT2D eigenvalue weighted by molar-refractivity contribution is 6.30. The monoisotopic (exact) mass is 273 g/mol. The van der Waals surface area contributed by atoms with Gasteiger partial charge in [0.2, 0.25) is 0 Å². The Morgan fingerprint density at radius 3 is 2.21 bits per heavy atom. The average molecular weight is 274 g/mol. The first-order valence-electron chi connectivity index (χ1n) is 5.66. The predicted molar refractivity (Wildman–Crippen MR) is 78.3 cm³/mol.